The van der Waals surface area contributed by atoms with E-state index in [2.05, 4.69) is 23.2 Å². The Morgan fingerprint density at radius 3 is 2.50 bits per heavy atom. The second-order valence-corrected chi connectivity index (χ2v) is 6.28. The predicted octanol–water partition coefficient (Wildman–Crippen LogP) is 6.33. The molecule has 0 unspecified atom stereocenters. The number of alkyl halides is 3. The third kappa shape index (κ3) is 3.29. The molecule has 0 saturated carbocycles. The molecule has 26 heavy (non-hydrogen) atoms. The number of allylic oxidation sites excluding steroid dienone is 6. The summed E-state index contributed by atoms with van der Waals surface area (Å²) >= 11 is 0. The van der Waals surface area contributed by atoms with Crippen molar-refractivity contribution in [2.75, 3.05) is 0 Å². The fourth-order valence-corrected chi connectivity index (χ4v) is 3.27. The van der Waals surface area contributed by atoms with Gasteiger partial charge in [0, 0.05) is 12.3 Å². The Kier molecular flexibility index (Phi) is 4.15. The van der Waals surface area contributed by atoms with Gasteiger partial charge < -0.3 is 4.74 Å². The van der Waals surface area contributed by atoms with Crippen molar-refractivity contribution in [1.29, 1.82) is 0 Å². The van der Waals surface area contributed by atoms with Crippen LogP contribution in [0, 0.1) is 0 Å². The lowest BCUT2D eigenvalue weighted by Gasteiger charge is -2.13. The molecule has 0 saturated heterocycles. The van der Waals surface area contributed by atoms with Crippen molar-refractivity contribution in [2.24, 2.45) is 0 Å². The summed E-state index contributed by atoms with van der Waals surface area (Å²) in [5.41, 5.74) is 4.40. The van der Waals surface area contributed by atoms with Gasteiger partial charge in [0.05, 0.1) is 5.56 Å². The molecule has 2 aliphatic rings. The normalized spacial score (nSPS) is 16.5. The third-order valence-corrected chi connectivity index (χ3v) is 4.57. The van der Waals surface area contributed by atoms with Crippen LogP contribution in [0.4, 0.5) is 13.2 Å². The van der Waals surface area contributed by atoms with Gasteiger partial charge in [-0.05, 0) is 59.7 Å². The Hall–Kier alpha value is -2.82. The molecule has 1 aromatic heterocycles. The summed E-state index contributed by atoms with van der Waals surface area (Å²) < 4.78 is 43.2. The minimum absolute atomic E-state index is 0.133. The highest BCUT2D eigenvalue weighted by molar-refractivity contribution is 5.84. The van der Waals surface area contributed by atoms with Gasteiger partial charge in [-0.2, -0.15) is 13.2 Å². The summed E-state index contributed by atoms with van der Waals surface area (Å²) in [5.74, 6) is 0.672. The van der Waals surface area contributed by atoms with Crippen molar-refractivity contribution in [3.8, 4) is 11.6 Å². The molecule has 1 aromatic carbocycles. The molecule has 0 bridgehead atoms. The van der Waals surface area contributed by atoms with Crippen LogP contribution in [0.15, 0.2) is 72.0 Å². The van der Waals surface area contributed by atoms with Crippen LogP contribution in [0.1, 0.15) is 30.4 Å². The lowest BCUT2D eigenvalue weighted by atomic mass is 9.92. The second kappa shape index (κ2) is 6.48. The van der Waals surface area contributed by atoms with Crippen LogP contribution < -0.4 is 4.74 Å². The number of halogens is 3. The molecular formula is C21H16F3NO. The summed E-state index contributed by atoms with van der Waals surface area (Å²) in [7, 11) is 0. The molecule has 4 rings (SSSR count). The van der Waals surface area contributed by atoms with Crippen molar-refractivity contribution in [3.05, 3.63) is 83.1 Å². The number of ether oxygens (including phenoxy) is 1. The fourth-order valence-electron chi connectivity index (χ4n) is 3.27. The van der Waals surface area contributed by atoms with Gasteiger partial charge in [-0.1, -0.05) is 30.4 Å². The van der Waals surface area contributed by atoms with Gasteiger partial charge in [0.25, 0.3) is 0 Å². The highest BCUT2D eigenvalue weighted by Gasteiger charge is 2.30. The van der Waals surface area contributed by atoms with Gasteiger partial charge in [-0.25, -0.2) is 4.98 Å². The number of rotatable bonds is 3. The van der Waals surface area contributed by atoms with Crippen molar-refractivity contribution >= 4 is 5.57 Å². The summed E-state index contributed by atoms with van der Waals surface area (Å²) in [6.07, 6.45) is 6.13. The molecule has 132 valence electrons. The SMILES string of the molecule is FC(F)(F)c1ccc(Oc2ccc(C3=CCC4=C3CCC=C4)cc2)nc1. The summed E-state index contributed by atoms with van der Waals surface area (Å²) in [5, 5.41) is 0. The quantitative estimate of drug-likeness (QED) is 0.642. The molecule has 0 fully saturated rings. The highest BCUT2D eigenvalue weighted by Crippen LogP contribution is 2.39. The molecule has 0 atom stereocenters. The first-order valence-corrected chi connectivity index (χ1v) is 8.41. The first-order valence-electron chi connectivity index (χ1n) is 8.41. The van der Waals surface area contributed by atoms with Gasteiger partial charge in [-0.15, -0.1) is 0 Å². The van der Waals surface area contributed by atoms with Gasteiger partial charge in [0.15, 0.2) is 0 Å². The monoisotopic (exact) mass is 355 g/mol. The Labute approximate surface area is 149 Å². The molecule has 2 aliphatic carbocycles. The van der Waals surface area contributed by atoms with E-state index in [0.29, 0.717) is 5.75 Å². The molecule has 0 N–H and O–H groups in total. The van der Waals surface area contributed by atoms with Crippen LogP contribution in [0.2, 0.25) is 0 Å². The van der Waals surface area contributed by atoms with Gasteiger partial charge >= 0.3 is 6.18 Å². The molecule has 1 heterocycles. The van der Waals surface area contributed by atoms with Gasteiger partial charge in [0.2, 0.25) is 5.88 Å². The molecule has 0 aliphatic heterocycles. The maximum absolute atomic E-state index is 12.6. The van der Waals surface area contributed by atoms with Gasteiger partial charge in [-0.3, -0.25) is 0 Å². The standard InChI is InChI=1S/C21H16F3NO/c22-21(23,24)16-8-12-20(25-13-16)26-17-9-5-15(6-10-17)19-11-7-14-3-1-2-4-18(14)19/h1,3,5-6,8-13H,2,4,7H2. The van der Waals surface area contributed by atoms with E-state index in [1.54, 1.807) is 0 Å². The Bertz CT molecular complexity index is 904. The molecule has 0 spiro atoms. The van der Waals surface area contributed by atoms with E-state index in [4.69, 9.17) is 4.74 Å². The largest absolute Gasteiger partial charge is 0.439 e. The smallest absolute Gasteiger partial charge is 0.417 e. The number of pyridine rings is 1. The summed E-state index contributed by atoms with van der Waals surface area (Å²) in [6, 6.07) is 9.75. The highest BCUT2D eigenvalue weighted by atomic mass is 19.4. The number of hydrogen-bond acceptors (Lipinski definition) is 2. The van der Waals surface area contributed by atoms with Crippen LogP contribution in [-0.4, -0.2) is 4.98 Å². The zero-order valence-corrected chi connectivity index (χ0v) is 13.9. The van der Waals surface area contributed by atoms with Crippen LogP contribution in [0.3, 0.4) is 0 Å². The Morgan fingerprint density at radius 1 is 1.00 bits per heavy atom. The van der Waals surface area contributed by atoms with Gasteiger partial charge in [0.1, 0.15) is 5.75 Å². The number of aromatic nitrogens is 1. The summed E-state index contributed by atoms with van der Waals surface area (Å²) in [6.45, 7) is 0. The Balaban J connectivity index is 1.49. The van der Waals surface area contributed by atoms with Crippen molar-refractivity contribution in [2.45, 2.75) is 25.4 Å². The van der Waals surface area contributed by atoms with E-state index in [1.807, 2.05) is 24.3 Å². The summed E-state index contributed by atoms with van der Waals surface area (Å²) in [4.78, 5) is 3.73. The maximum atomic E-state index is 12.6. The average molecular weight is 355 g/mol. The molecule has 2 nitrogen and oxygen atoms in total. The molecule has 0 radical (unpaired) electrons. The van der Waals surface area contributed by atoms with E-state index in [0.717, 1.165) is 37.1 Å². The van der Waals surface area contributed by atoms with Crippen molar-refractivity contribution in [1.82, 2.24) is 4.98 Å². The first-order chi connectivity index (χ1) is 12.5. The number of nitrogens with zero attached hydrogens (tertiary/aromatic N) is 1. The third-order valence-electron chi connectivity index (χ3n) is 4.57. The topological polar surface area (TPSA) is 22.1 Å². The molecule has 0 amide bonds. The second-order valence-electron chi connectivity index (χ2n) is 6.28. The van der Waals surface area contributed by atoms with Crippen LogP contribution in [0.5, 0.6) is 11.6 Å². The van der Waals surface area contributed by atoms with E-state index in [1.165, 1.54) is 22.8 Å². The van der Waals surface area contributed by atoms with Crippen LogP contribution in [-0.2, 0) is 6.18 Å². The average Bonchev–Trinajstić information content (AvgIpc) is 3.06. The minimum atomic E-state index is -4.40. The number of benzene rings is 1. The van der Waals surface area contributed by atoms with E-state index >= 15 is 0 Å². The zero-order chi connectivity index (χ0) is 18.1. The fraction of sp³-hybridized carbons (Fsp3) is 0.190. The van der Waals surface area contributed by atoms with Crippen molar-refractivity contribution in [3.63, 3.8) is 0 Å². The lowest BCUT2D eigenvalue weighted by molar-refractivity contribution is -0.137. The lowest BCUT2D eigenvalue weighted by Crippen LogP contribution is -2.05. The van der Waals surface area contributed by atoms with Crippen LogP contribution >= 0.6 is 0 Å². The van der Waals surface area contributed by atoms with Crippen LogP contribution in [0.25, 0.3) is 5.57 Å². The molecule has 2 aromatic rings. The van der Waals surface area contributed by atoms with E-state index in [9.17, 15) is 13.2 Å². The van der Waals surface area contributed by atoms with E-state index < -0.39 is 11.7 Å². The Morgan fingerprint density at radius 2 is 1.81 bits per heavy atom. The van der Waals surface area contributed by atoms with Crippen molar-refractivity contribution < 1.29 is 17.9 Å². The molecule has 5 heteroatoms. The molecular weight excluding hydrogens is 339 g/mol. The minimum Gasteiger partial charge on any atom is -0.439 e. The van der Waals surface area contributed by atoms with E-state index in [-0.39, 0.29) is 5.88 Å². The zero-order valence-electron chi connectivity index (χ0n) is 13.9. The predicted molar refractivity (Wildman–Crippen MR) is 93.7 cm³/mol. The first kappa shape index (κ1) is 16.6. The number of hydrogen-bond donors (Lipinski definition) is 0. The maximum Gasteiger partial charge on any atom is 0.417 e.